The lowest BCUT2D eigenvalue weighted by atomic mass is 10.1. The van der Waals surface area contributed by atoms with Gasteiger partial charge in [0.2, 0.25) is 0 Å². The summed E-state index contributed by atoms with van der Waals surface area (Å²) in [6, 6.07) is 13.9. The molecule has 18 heavy (non-hydrogen) atoms. The van der Waals surface area contributed by atoms with Crippen LogP contribution < -0.4 is 0 Å². The maximum atomic E-state index is 4.25. The first-order valence-electron chi connectivity index (χ1n) is 5.74. The van der Waals surface area contributed by atoms with Gasteiger partial charge in [-0.05, 0) is 19.1 Å². The third-order valence-corrected chi connectivity index (χ3v) is 2.85. The average molecular weight is 236 g/mol. The van der Waals surface area contributed by atoms with E-state index < -0.39 is 0 Å². The molecular formula is C14H12N4. The van der Waals surface area contributed by atoms with Crippen molar-refractivity contribution in [3.05, 3.63) is 60.6 Å². The van der Waals surface area contributed by atoms with Crippen LogP contribution in [0.3, 0.4) is 0 Å². The lowest BCUT2D eigenvalue weighted by Gasteiger charge is -2.02. The number of aromatic nitrogens is 4. The summed E-state index contributed by atoms with van der Waals surface area (Å²) in [5, 5.41) is 8.46. The van der Waals surface area contributed by atoms with E-state index in [1.54, 1.807) is 12.4 Å². The van der Waals surface area contributed by atoms with Crippen LogP contribution in [0.2, 0.25) is 0 Å². The molecule has 3 rings (SSSR count). The third kappa shape index (κ3) is 1.78. The first-order valence-corrected chi connectivity index (χ1v) is 5.74. The SMILES string of the molecule is Cc1c(-c2ccccc2)nnn1-c1ccncc1. The van der Waals surface area contributed by atoms with Gasteiger partial charge >= 0.3 is 0 Å². The monoisotopic (exact) mass is 236 g/mol. The van der Waals surface area contributed by atoms with Crippen molar-refractivity contribution in [3.8, 4) is 16.9 Å². The molecule has 0 radical (unpaired) electrons. The van der Waals surface area contributed by atoms with Crippen LogP contribution in [0.1, 0.15) is 5.69 Å². The van der Waals surface area contributed by atoms with Crippen molar-refractivity contribution in [2.45, 2.75) is 6.92 Å². The van der Waals surface area contributed by atoms with Gasteiger partial charge in [0.1, 0.15) is 5.69 Å². The number of nitrogens with zero attached hydrogens (tertiary/aromatic N) is 4. The van der Waals surface area contributed by atoms with Crippen LogP contribution in [0.25, 0.3) is 16.9 Å². The molecule has 4 nitrogen and oxygen atoms in total. The summed E-state index contributed by atoms with van der Waals surface area (Å²) in [7, 11) is 0. The second kappa shape index (κ2) is 4.41. The van der Waals surface area contributed by atoms with Crippen LogP contribution in [0, 0.1) is 6.92 Å². The van der Waals surface area contributed by atoms with E-state index in [1.807, 2.05) is 54.1 Å². The summed E-state index contributed by atoms with van der Waals surface area (Å²) < 4.78 is 1.82. The fraction of sp³-hybridized carbons (Fsp3) is 0.0714. The number of pyridine rings is 1. The Balaban J connectivity index is 2.09. The van der Waals surface area contributed by atoms with Gasteiger partial charge in [-0.15, -0.1) is 5.10 Å². The molecule has 0 atom stereocenters. The minimum absolute atomic E-state index is 0.910. The van der Waals surface area contributed by atoms with Gasteiger partial charge in [-0.2, -0.15) is 0 Å². The molecule has 0 saturated heterocycles. The maximum Gasteiger partial charge on any atom is 0.116 e. The molecule has 1 aromatic carbocycles. The zero-order chi connectivity index (χ0) is 12.4. The van der Waals surface area contributed by atoms with E-state index in [2.05, 4.69) is 15.3 Å². The smallest absolute Gasteiger partial charge is 0.116 e. The summed E-state index contributed by atoms with van der Waals surface area (Å²) in [5.41, 5.74) is 3.98. The summed E-state index contributed by atoms with van der Waals surface area (Å²) in [6.07, 6.45) is 3.50. The summed E-state index contributed by atoms with van der Waals surface area (Å²) in [4.78, 5) is 4.00. The molecule has 0 saturated carbocycles. The first kappa shape index (κ1) is 10.7. The minimum atomic E-state index is 0.910. The molecule has 0 aliphatic heterocycles. The van der Waals surface area contributed by atoms with Crippen LogP contribution in [0.15, 0.2) is 54.9 Å². The van der Waals surface area contributed by atoms with Gasteiger partial charge in [-0.25, -0.2) is 4.68 Å². The third-order valence-electron chi connectivity index (χ3n) is 2.85. The highest BCUT2D eigenvalue weighted by Crippen LogP contribution is 2.21. The van der Waals surface area contributed by atoms with Gasteiger partial charge in [0.15, 0.2) is 0 Å². The predicted molar refractivity (Wildman–Crippen MR) is 69.3 cm³/mol. The Kier molecular flexibility index (Phi) is 2.61. The summed E-state index contributed by atoms with van der Waals surface area (Å²) >= 11 is 0. The average Bonchev–Trinajstić information content (AvgIpc) is 2.83. The molecule has 88 valence electrons. The molecule has 4 heteroatoms. The van der Waals surface area contributed by atoms with E-state index in [4.69, 9.17) is 0 Å². The highest BCUT2D eigenvalue weighted by molar-refractivity contribution is 5.61. The zero-order valence-electron chi connectivity index (χ0n) is 9.99. The summed E-state index contributed by atoms with van der Waals surface area (Å²) in [6.45, 7) is 2.02. The molecule has 0 fully saturated rings. The van der Waals surface area contributed by atoms with Crippen molar-refractivity contribution < 1.29 is 0 Å². The van der Waals surface area contributed by atoms with Crippen molar-refractivity contribution in [2.75, 3.05) is 0 Å². The van der Waals surface area contributed by atoms with Crippen LogP contribution in [-0.4, -0.2) is 20.0 Å². The molecule has 0 N–H and O–H groups in total. The van der Waals surface area contributed by atoms with E-state index in [1.165, 1.54) is 0 Å². The van der Waals surface area contributed by atoms with Gasteiger partial charge in [0.25, 0.3) is 0 Å². The van der Waals surface area contributed by atoms with E-state index in [9.17, 15) is 0 Å². The first-order chi connectivity index (χ1) is 8.86. The van der Waals surface area contributed by atoms with Gasteiger partial charge in [-0.3, -0.25) is 4.98 Å². The molecule has 0 unspecified atom stereocenters. The molecule has 2 heterocycles. The molecule has 0 amide bonds. The number of hydrogen-bond donors (Lipinski definition) is 0. The number of rotatable bonds is 2. The van der Waals surface area contributed by atoms with Crippen LogP contribution in [0.4, 0.5) is 0 Å². The molecule has 3 aromatic rings. The summed E-state index contributed by atoms with van der Waals surface area (Å²) in [5.74, 6) is 0. The van der Waals surface area contributed by atoms with Gasteiger partial charge in [0.05, 0.1) is 11.4 Å². The Bertz CT molecular complexity index is 587. The minimum Gasteiger partial charge on any atom is -0.265 e. The fourth-order valence-electron chi connectivity index (χ4n) is 1.92. The molecule has 0 bridgehead atoms. The number of hydrogen-bond acceptors (Lipinski definition) is 3. The highest BCUT2D eigenvalue weighted by atomic mass is 15.4. The second-order valence-electron chi connectivity index (χ2n) is 4.01. The molecule has 0 aliphatic rings. The standard InChI is InChI=1S/C14H12N4/c1-11-14(12-5-3-2-4-6-12)16-17-18(11)13-7-9-15-10-8-13/h2-10H,1H3. The fourth-order valence-corrected chi connectivity index (χ4v) is 1.92. The zero-order valence-corrected chi connectivity index (χ0v) is 9.99. The van der Waals surface area contributed by atoms with E-state index >= 15 is 0 Å². The normalized spacial score (nSPS) is 10.5. The van der Waals surface area contributed by atoms with E-state index in [-0.39, 0.29) is 0 Å². The van der Waals surface area contributed by atoms with Crippen molar-refractivity contribution in [1.29, 1.82) is 0 Å². The number of benzene rings is 1. The second-order valence-corrected chi connectivity index (χ2v) is 4.01. The predicted octanol–water partition coefficient (Wildman–Crippen LogP) is 2.64. The van der Waals surface area contributed by atoms with E-state index in [0.717, 1.165) is 22.6 Å². The Morgan fingerprint density at radius 2 is 1.67 bits per heavy atom. The molecule has 0 aliphatic carbocycles. The largest absolute Gasteiger partial charge is 0.265 e. The lowest BCUT2D eigenvalue weighted by molar-refractivity contribution is 0.784. The van der Waals surface area contributed by atoms with Crippen LogP contribution in [0.5, 0.6) is 0 Å². The van der Waals surface area contributed by atoms with Crippen molar-refractivity contribution in [2.24, 2.45) is 0 Å². The van der Waals surface area contributed by atoms with Crippen LogP contribution in [-0.2, 0) is 0 Å². The lowest BCUT2D eigenvalue weighted by Crippen LogP contribution is -1.98. The Morgan fingerprint density at radius 1 is 0.944 bits per heavy atom. The van der Waals surface area contributed by atoms with Crippen LogP contribution >= 0.6 is 0 Å². The van der Waals surface area contributed by atoms with Gasteiger partial charge in [0, 0.05) is 18.0 Å². The van der Waals surface area contributed by atoms with E-state index in [0.29, 0.717) is 0 Å². The topological polar surface area (TPSA) is 43.6 Å². The molecular weight excluding hydrogens is 224 g/mol. The quantitative estimate of drug-likeness (QED) is 0.687. The highest BCUT2D eigenvalue weighted by Gasteiger charge is 2.11. The van der Waals surface area contributed by atoms with Gasteiger partial charge in [-0.1, -0.05) is 35.5 Å². The maximum absolute atomic E-state index is 4.25. The van der Waals surface area contributed by atoms with Crippen molar-refractivity contribution in [3.63, 3.8) is 0 Å². The van der Waals surface area contributed by atoms with Crippen molar-refractivity contribution in [1.82, 2.24) is 20.0 Å². The Hall–Kier alpha value is -2.49. The van der Waals surface area contributed by atoms with Crippen molar-refractivity contribution >= 4 is 0 Å². The molecule has 0 spiro atoms. The Labute approximate surface area is 105 Å². The van der Waals surface area contributed by atoms with Gasteiger partial charge < -0.3 is 0 Å². The Morgan fingerprint density at radius 3 is 2.39 bits per heavy atom. The molecule has 2 aromatic heterocycles.